The first-order valence-electron chi connectivity index (χ1n) is 12.1. The summed E-state index contributed by atoms with van der Waals surface area (Å²) in [6.45, 7) is 1.85. The monoisotopic (exact) mass is 527 g/mol. The average Bonchev–Trinajstić information content (AvgIpc) is 3.38. The lowest BCUT2D eigenvalue weighted by molar-refractivity contribution is -0.270. The van der Waals surface area contributed by atoms with E-state index in [-0.39, 0.29) is 36.4 Å². The van der Waals surface area contributed by atoms with Gasteiger partial charge in [0.25, 0.3) is 0 Å². The molecule has 6 nitrogen and oxygen atoms in total. The standard InChI is InChI=1S/C28H25F4N3O3/c1-26(33)14-34-25-21(26)13-23(35-24(25)15-4-6-19(29)7-5-15)27(38,28(30,31)32)9-8-22(37)17-3-2-16-11-20(36)12-18(16)10-17/h2-7,10,13,34,38H,8-9,11-12,14,33H2,1H3/t26-,27-/m1/s1. The van der Waals surface area contributed by atoms with E-state index in [2.05, 4.69) is 10.3 Å². The number of Topliss-reactive ketones (excluding diaryl/α,β-unsaturated/α-hetero) is 2. The maximum Gasteiger partial charge on any atom is 0.422 e. The van der Waals surface area contributed by atoms with Gasteiger partial charge in [0.1, 0.15) is 11.6 Å². The molecule has 2 atom stereocenters. The normalized spacial score (nSPS) is 20.0. The number of ketones is 2. The highest BCUT2D eigenvalue weighted by Gasteiger charge is 2.56. The summed E-state index contributed by atoms with van der Waals surface area (Å²) in [5.41, 5.74) is 3.93. The second-order valence-corrected chi connectivity index (χ2v) is 10.2. The first-order chi connectivity index (χ1) is 17.8. The van der Waals surface area contributed by atoms with Crippen molar-refractivity contribution in [1.29, 1.82) is 0 Å². The Morgan fingerprint density at radius 2 is 1.79 bits per heavy atom. The Balaban J connectivity index is 1.53. The van der Waals surface area contributed by atoms with E-state index in [0.29, 0.717) is 22.4 Å². The van der Waals surface area contributed by atoms with Crippen LogP contribution in [0.5, 0.6) is 0 Å². The molecule has 1 aliphatic carbocycles. The molecule has 5 rings (SSSR count). The minimum atomic E-state index is -5.17. The second kappa shape index (κ2) is 8.99. The number of aromatic nitrogens is 1. The molecular formula is C28H25F4N3O3. The number of anilines is 1. The lowest BCUT2D eigenvalue weighted by Gasteiger charge is -2.31. The fourth-order valence-corrected chi connectivity index (χ4v) is 5.05. The third-order valence-corrected chi connectivity index (χ3v) is 7.29. The van der Waals surface area contributed by atoms with E-state index < -0.39 is 47.5 Å². The Morgan fingerprint density at radius 1 is 1.11 bits per heavy atom. The predicted molar refractivity (Wildman–Crippen MR) is 132 cm³/mol. The molecule has 10 heteroatoms. The molecule has 0 fully saturated rings. The minimum absolute atomic E-state index is 0.0112. The van der Waals surface area contributed by atoms with Crippen molar-refractivity contribution in [2.45, 2.75) is 49.9 Å². The van der Waals surface area contributed by atoms with E-state index in [4.69, 9.17) is 5.73 Å². The third kappa shape index (κ3) is 4.48. The van der Waals surface area contributed by atoms with Crippen LogP contribution in [-0.4, -0.2) is 34.4 Å². The summed E-state index contributed by atoms with van der Waals surface area (Å²) in [5, 5.41) is 14.2. The van der Waals surface area contributed by atoms with E-state index in [1.165, 1.54) is 24.3 Å². The molecule has 0 radical (unpaired) electrons. The van der Waals surface area contributed by atoms with Crippen LogP contribution in [0.3, 0.4) is 0 Å². The summed E-state index contributed by atoms with van der Waals surface area (Å²) >= 11 is 0. The molecule has 1 aliphatic heterocycles. The molecule has 2 aromatic carbocycles. The molecule has 198 valence electrons. The van der Waals surface area contributed by atoms with Crippen LogP contribution in [0.1, 0.15) is 52.5 Å². The number of pyridine rings is 1. The van der Waals surface area contributed by atoms with Crippen molar-refractivity contribution in [2.24, 2.45) is 5.73 Å². The summed E-state index contributed by atoms with van der Waals surface area (Å²) in [6.07, 6.45) is -6.32. The first-order valence-corrected chi connectivity index (χ1v) is 12.1. The Hall–Kier alpha value is -3.63. The molecule has 0 unspecified atom stereocenters. The zero-order valence-corrected chi connectivity index (χ0v) is 20.5. The Labute approximate surface area is 215 Å². The molecule has 2 aliphatic rings. The van der Waals surface area contributed by atoms with Crippen molar-refractivity contribution < 1.29 is 32.3 Å². The van der Waals surface area contributed by atoms with E-state index in [1.807, 2.05) is 0 Å². The van der Waals surface area contributed by atoms with E-state index in [1.54, 1.807) is 13.0 Å². The number of nitrogens with two attached hydrogens (primary N) is 1. The average molecular weight is 528 g/mol. The second-order valence-electron chi connectivity index (χ2n) is 10.2. The van der Waals surface area contributed by atoms with Gasteiger partial charge in [-0.15, -0.1) is 0 Å². The molecule has 0 bridgehead atoms. The molecule has 38 heavy (non-hydrogen) atoms. The number of carbonyl (C=O) groups excluding carboxylic acids is 2. The number of carbonyl (C=O) groups is 2. The molecule has 4 N–H and O–H groups in total. The van der Waals surface area contributed by atoms with Crippen LogP contribution >= 0.6 is 0 Å². The number of benzene rings is 2. The van der Waals surface area contributed by atoms with Gasteiger partial charge in [0.2, 0.25) is 5.60 Å². The summed E-state index contributed by atoms with van der Waals surface area (Å²) < 4.78 is 56.9. The van der Waals surface area contributed by atoms with Gasteiger partial charge in [0, 0.05) is 42.5 Å². The lowest BCUT2D eigenvalue weighted by Crippen LogP contribution is -2.44. The van der Waals surface area contributed by atoms with Gasteiger partial charge >= 0.3 is 6.18 Å². The zero-order valence-electron chi connectivity index (χ0n) is 20.5. The number of hydrogen-bond donors (Lipinski definition) is 3. The molecule has 0 spiro atoms. The molecule has 2 heterocycles. The highest BCUT2D eigenvalue weighted by Crippen LogP contribution is 2.47. The van der Waals surface area contributed by atoms with Gasteiger partial charge in [-0.1, -0.05) is 12.1 Å². The van der Waals surface area contributed by atoms with E-state index >= 15 is 0 Å². The largest absolute Gasteiger partial charge is 0.422 e. The smallest absolute Gasteiger partial charge is 0.381 e. The first kappa shape index (κ1) is 26.0. The van der Waals surface area contributed by atoms with Crippen LogP contribution in [0, 0.1) is 5.82 Å². The molecule has 0 amide bonds. The maximum atomic E-state index is 14.5. The van der Waals surface area contributed by atoms with Gasteiger partial charge in [-0.3, -0.25) is 9.59 Å². The minimum Gasteiger partial charge on any atom is -0.381 e. The Bertz CT molecular complexity index is 1450. The maximum absolute atomic E-state index is 14.5. The van der Waals surface area contributed by atoms with Crippen LogP contribution in [0.15, 0.2) is 48.5 Å². The Morgan fingerprint density at radius 3 is 2.47 bits per heavy atom. The van der Waals surface area contributed by atoms with Gasteiger partial charge in [0.15, 0.2) is 5.78 Å². The van der Waals surface area contributed by atoms with Crippen LogP contribution in [0.2, 0.25) is 0 Å². The van der Waals surface area contributed by atoms with Gasteiger partial charge in [0.05, 0.1) is 22.6 Å². The number of hydrogen-bond acceptors (Lipinski definition) is 6. The SMILES string of the molecule is C[C@@]1(N)CNc2c1cc([C@](O)(CCC(=O)c1ccc3c(c1)CC(=O)C3)C(F)(F)F)nc2-c1ccc(F)cc1. The molecule has 3 aromatic rings. The zero-order chi connectivity index (χ0) is 27.5. The molecule has 0 saturated heterocycles. The lowest BCUT2D eigenvalue weighted by atomic mass is 9.86. The van der Waals surface area contributed by atoms with Gasteiger partial charge in [-0.05, 0) is 60.9 Å². The van der Waals surface area contributed by atoms with Gasteiger partial charge in [-0.25, -0.2) is 9.37 Å². The highest BCUT2D eigenvalue weighted by atomic mass is 19.4. The van der Waals surface area contributed by atoms with Crippen molar-refractivity contribution in [2.75, 3.05) is 11.9 Å². The van der Waals surface area contributed by atoms with E-state index in [0.717, 1.165) is 23.8 Å². The highest BCUT2D eigenvalue weighted by molar-refractivity contribution is 5.97. The summed E-state index contributed by atoms with van der Waals surface area (Å²) in [7, 11) is 0. The van der Waals surface area contributed by atoms with Crippen LogP contribution in [0.4, 0.5) is 23.2 Å². The van der Waals surface area contributed by atoms with Crippen molar-refractivity contribution in [3.05, 3.63) is 82.3 Å². The predicted octanol–water partition coefficient (Wildman–Crippen LogP) is 4.57. The number of halogens is 4. The van der Waals surface area contributed by atoms with Crippen LogP contribution < -0.4 is 11.1 Å². The summed E-state index contributed by atoms with van der Waals surface area (Å²) in [4.78, 5) is 28.8. The Kier molecular flexibility index (Phi) is 6.15. The number of nitrogens with zero attached hydrogens (tertiary/aromatic N) is 1. The fraction of sp³-hybridized carbons (Fsp3) is 0.321. The van der Waals surface area contributed by atoms with E-state index in [9.17, 15) is 32.3 Å². The summed E-state index contributed by atoms with van der Waals surface area (Å²) in [5.74, 6) is -1.11. The fourth-order valence-electron chi connectivity index (χ4n) is 5.05. The van der Waals surface area contributed by atoms with Crippen molar-refractivity contribution in [3.8, 4) is 11.3 Å². The van der Waals surface area contributed by atoms with Crippen LogP contribution in [-0.2, 0) is 28.8 Å². The summed E-state index contributed by atoms with van der Waals surface area (Å²) in [6, 6.07) is 10.8. The topological polar surface area (TPSA) is 105 Å². The third-order valence-electron chi connectivity index (χ3n) is 7.29. The van der Waals surface area contributed by atoms with Gasteiger partial charge < -0.3 is 16.2 Å². The number of alkyl halides is 3. The van der Waals surface area contributed by atoms with Crippen molar-refractivity contribution in [3.63, 3.8) is 0 Å². The number of nitrogens with one attached hydrogen (secondary N) is 1. The number of fused-ring (bicyclic) bond motifs is 2. The van der Waals surface area contributed by atoms with Gasteiger partial charge in [-0.2, -0.15) is 13.2 Å². The van der Waals surface area contributed by atoms with Crippen molar-refractivity contribution >= 4 is 17.3 Å². The van der Waals surface area contributed by atoms with Crippen LogP contribution in [0.25, 0.3) is 11.3 Å². The molecular weight excluding hydrogens is 502 g/mol. The quantitative estimate of drug-likeness (QED) is 0.321. The molecule has 1 aromatic heterocycles. The number of rotatable bonds is 6. The molecule has 0 saturated carbocycles. The van der Waals surface area contributed by atoms with Crippen molar-refractivity contribution in [1.82, 2.24) is 4.98 Å². The number of aliphatic hydroxyl groups is 1.